The Balaban J connectivity index is 0.000000281. The molecule has 3 N–H and O–H groups in total. The quantitative estimate of drug-likeness (QED) is 0.591. The number of carbonyl (C=O) groups is 2. The lowest BCUT2D eigenvalue weighted by molar-refractivity contribution is -0.139. The van der Waals surface area contributed by atoms with E-state index in [1.165, 1.54) is 38.5 Å². The highest BCUT2D eigenvalue weighted by Crippen LogP contribution is 2.34. The first-order valence-electron chi connectivity index (χ1n) is 11.0. The summed E-state index contributed by atoms with van der Waals surface area (Å²) in [4.78, 5) is 21.8. The van der Waals surface area contributed by atoms with Crippen LogP contribution < -0.4 is 5.32 Å². The van der Waals surface area contributed by atoms with E-state index in [4.69, 9.17) is 14.9 Å². The van der Waals surface area contributed by atoms with Crippen molar-refractivity contribution in [3.63, 3.8) is 0 Å². The summed E-state index contributed by atoms with van der Waals surface area (Å²) in [5.74, 6) is 1.05. The molecule has 2 aliphatic rings. The molecule has 0 saturated heterocycles. The minimum atomic E-state index is -1.20. The number of amides is 1. The summed E-state index contributed by atoms with van der Waals surface area (Å²) in [6.07, 6.45) is 16.1. The fraction of sp³-hybridized carbons (Fsp3) is 0.909. The zero-order valence-electron chi connectivity index (χ0n) is 18.0. The first-order chi connectivity index (χ1) is 13.2. The lowest BCUT2D eigenvalue weighted by Gasteiger charge is -2.28. The Morgan fingerprint density at radius 1 is 0.964 bits per heavy atom. The second-order valence-corrected chi connectivity index (χ2v) is 9.29. The van der Waals surface area contributed by atoms with Crippen molar-refractivity contribution in [2.45, 2.75) is 109 Å². The number of hydrogen-bond donors (Lipinski definition) is 3. The van der Waals surface area contributed by atoms with Crippen molar-refractivity contribution in [2.24, 2.45) is 11.8 Å². The van der Waals surface area contributed by atoms with Gasteiger partial charge in [-0.1, -0.05) is 64.2 Å². The van der Waals surface area contributed by atoms with Gasteiger partial charge in [0.2, 0.25) is 0 Å². The van der Waals surface area contributed by atoms with Crippen LogP contribution in [0.15, 0.2) is 0 Å². The van der Waals surface area contributed by atoms with Crippen LogP contribution in [0, 0.1) is 11.8 Å². The predicted molar refractivity (Wildman–Crippen MR) is 110 cm³/mol. The van der Waals surface area contributed by atoms with E-state index in [2.05, 4.69) is 5.32 Å². The number of hydrogen-bond acceptors (Lipinski definition) is 4. The van der Waals surface area contributed by atoms with Gasteiger partial charge in [0.05, 0.1) is 0 Å². The lowest BCUT2D eigenvalue weighted by Crippen LogP contribution is -2.43. The number of aliphatic hydroxyl groups excluding tert-OH is 1. The van der Waals surface area contributed by atoms with Crippen molar-refractivity contribution < 1.29 is 24.5 Å². The van der Waals surface area contributed by atoms with Crippen molar-refractivity contribution in [1.82, 2.24) is 5.32 Å². The van der Waals surface area contributed by atoms with E-state index >= 15 is 0 Å². The van der Waals surface area contributed by atoms with Gasteiger partial charge in [0.1, 0.15) is 11.6 Å². The van der Waals surface area contributed by atoms with Gasteiger partial charge >= 0.3 is 12.1 Å². The van der Waals surface area contributed by atoms with Crippen LogP contribution in [0.3, 0.4) is 0 Å². The Kier molecular flexibility index (Phi) is 11.5. The molecule has 6 heteroatoms. The molecular formula is C22H41NO5. The van der Waals surface area contributed by atoms with Crippen LogP contribution in [0.2, 0.25) is 0 Å². The van der Waals surface area contributed by atoms with Crippen LogP contribution >= 0.6 is 0 Å². The van der Waals surface area contributed by atoms with Gasteiger partial charge in [0, 0.05) is 13.0 Å². The molecule has 2 rings (SSSR count). The summed E-state index contributed by atoms with van der Waals surface area (Å²) in [6.45, 7) is 4.71. The number of rotatable bonds is 6. The SMILES string of the molecule is C1CCC(CC2CCCCC2)CC1.CC(C)(C)OC(=O)NC(CCO)C(=O)O. The van der Waals surface area contributed by atoms with Crippen molar-refractivity contribution in [2.75, 3.05) is 6.61 Å². The van der Waals surface area contributed by atoms with Crippen LogP contribution in [0.25, 0.3) is 0 Å². The molecule has 0 aliphatic heterocycles. The number of nitrogens with one attached hydrogen (secondary N) is 1. The molecule has 2 fully saturated rings. The molecule has 1 atom stereocenters. The molecule has 164 valence electrons. The van der Waals surface area contributed by atoms with Gasteiger partial charge < -0.3 is 20.3 Å². The summed E-state index contributed by atoms with van der Waals surface area (Å²) >= 11 is 0. The maximum atomic E-state index is 11.2. The third-order valence-corrected chi connectivity index (χ3v) is 5.52. The van der Waals surface area contributed by atoms with E-state index < -0.39 is 23.7 Å². The third kappa shape index (κ3) is 11.5. The number of ether oxygens (including phenoxy) is 1. The van der Waals surface area contributed by atoms with Crippen molar-refractivity contribution >= 4 is 12.1 Å². The van der Waals surface area contributed by atoms with Gasteiger partial charge in [-0.15, -0.1) is 0 Å². The number of aliphatic carboxylic acids is 1. The van der Waals surface area contributed by atoms with Crippen LogP contribution in [0.4, 0.5) is 4.79 Å². The molecule has 2 aliphatic carbocycles. The van der Waals surface area contributed by atoms with Gasteiger partial charge in [-0.25, -0.2) is 9.59 Å². The monoisotopic (exact) mass is 399 g/mol. The van der Waals surface area contributed by atoms with Crippen LogP contribution in [-0.4, -0.2) is 40.5 Å². The molecule has 6 nitrogen and oxygen atoms in total. The smallest absolute Gasteiger partial charge is 0.408 e. The average Bonchev–Trinajstić information content (AvgIpc) is 2.62. The molecular weight excluding hydrogens is 358 g/mol. The number of carbonyl (C=O) groups excluding carboxylic acids is 1. The second kappa shape index (κ2) is 13.0. The molecule has 28 heavy (non-hydrogen) atoms. The molecule has 0 radical (unpaired) electrons. The van der Waals surface area contributed by atoms with Gasteiger partial charge in [0.15, 0.2) is 0 Å². The highest BCUT2D eigenvalue weighted by Gasteiger charge is 2.23. The molecule has 0 spiro atoms. The standard InChI is InChI=1S/C13H24.C9H17NO5/c1-3-7-12(8-4-1)11-13-9-5-2-6-10-13;1-9(2,3)15-8(14)10-6(4-5-11)7(12)13/h12-13H,1-11H2;6,11H,4-5H2,1-3H3,(H,10,14)(H,12,13). The third-order valence-electron chi connectivity index (χ3n) is 5.52. The number of carboxylic acids is 1. The molecule has 0 aromatic rings. The van der Waals surface area contributed by atoms with Gasteiger partial charge in [-0.05, 0) is 39.0 Å². The normalized spacial score (nSPS) is 19.9. The fourth-order valence-corrected chi connectivity index (χ4v) is 4.15. The topological polar surface area (TPSA) is 95.9 Å². The van der Waals surface area contributed by atoms with E-state index in [0.29, 0.717) is 0 Å². The molecule has 0 bridgehead atoms. The maximum Gasteiger partial charge on any atom is 0.408 e. The van der Waals surface area contributed by atoms with Gasteiger partial charge in [-0.3, -0.25) is 0 Å². The Hall–Kier alpha value is -1.30. The summed E-state index contributed by atoms with van der Waals surface area (Å²) in [5, 5.41) is 19.4. The van der Waals surface area contributed by atoms with Crippen LogP contribution in [0.1, 0.15) is 97.8 Å². The summed E-state index contributed by atoms with van der Waals surface area (Å²) in [5.41, 5.74) is -0.674. The minimum Gasteiger partial charge on any atom is -0.480 e. The Morgan fingerprint density at radius 2 is 1.43 bits per heavy atom. The first-order valence-corrected chi connectivity index (χ1v) is 11.0. The summed E-state index contributed by atoms with van der Waals surface area (Å²) in [6, 6.07) is -1.12. The van der Waals surface area contributed by atoms with E-state index in [1.807, 2.05) is 0 Å². The first kappa shape index (κ1) is 24.7. The average molecular weight is 400 g/mol. The highest BCUT2D eigenvalue weighted by molar-refractivity contribution is 5.79. The largest absolute Gasteiger partial charge is 0.480 e. The molecule has 0 heterocycles. The fourth-order valence-electron chi connectivity index (χ4n) is 4.15. The van der Waals surface area contributed by atoms with Gasteiger partial charge in [0.25, 0.3) is 0 Å². The van der Waals surface area contributed by atoms with Crippen LogP contribution in [0.5, 0.6) is 0 Å². The zero-order valence-corrected chi connectivity index (χ0v) is 18.0. The Bertz CT molecular complexity index is 432. The predicted octanol–water partition coefficient (Wildman–Crippen LogP) is 4.88. The number of alkyl carbamates (subject to hydrolysis) is 1. The van der Waals surface area contributed by atoms with Crippen molar-refractivity contribution in [3.05, 3.63) is 0 Å². The van der Waals surface area contributed by atoms with Crippen LogP contribution in [-0.2, 0) is 9.53 Å². The molecule has 1 unspecified atom stereocenters. The number of aliphatic hydroxyl groups is 1. The number of carboxylic acid groups (broad SMARTS) is 1. The zero-order chi connectivity index (χ0) is 21.0. The van der Waals surface area contributed by atoms with E-state index in [1.54, 1.807) is 52.9 Å². The maximum absolute atomic E-state index is 11.2. The highest BCUT2D eigenvalue weighted by atomic mass is 16.6. The summed E-state index contributed by atoms with van der Waals surface area (Å²) in [7, 11) is 0. The Morgan fingerprint density at radius 3 is 1.79 bits per heavy atom. The minimum absolute atomic E-state index is 0.0470. The molecule has 1 amide bonds. The molecule has 0 aromatic carbocycles. The Labute approximate surface area is 170 Å². The van der Waals surface area contributed by atoms with Crippen molar-refractivity contribution in [1.29, 1.82) is 0 Å². The molecule has 0 aromatic heterocycles. The second-order valence-electron chi connectivity index (χ2n) is 9.29. The van der Waals surface area contributed by atoms with E-state index in [9.17, 15) is 9.59 Å². The van der Waals surface area contributed by atoms with E-state index in [0.717, 1.165) is 11.8 Å². The molecule has 2 saturated carbocycles. The summed E-state index contributed by atoms with van der Waals surface area (Å²) < 4.78 is 4.87. The van der Waals surface area contributed by atoms with Crippen molar-refractivity contribution in [3.8, 4) is 0 Å². The van der Waals surface area contributed by atoms with Gasteiger partial charge in [-0.2, -0.15) is 0 Å². The lowest BCUT2D eigenvalue weighted by atomic mass is 9.78. The van der Waals surface area contributed by atoms with E-state index in [-0.39, 0.29) is 13.0 Å².